The van der Waals surface area contributed by atoms with Gasteiger partial charge in [0.1, 0.15) is 0 Å². The molecule has 1 atom stereocenters. The van der Waals surface area contributed by atoms with Gasteiger partial charge in [0.2, 0.25) is 0 Å². The van der Waals surface area contributed by atoms with Crippen molar-refractivity contribution in [3.63, 3.8) is 0 Å². The number of aromatic nitrogens is 1. The molecular weight excluding hydrogens is 325 g/mol. The maximum absolute atomic E-state index is 9.94. The van der Waals surface area contributed by atoms with Crippen LogP contribution < -0.4 is 0 Å². The summed E-state index contributed by atoms with van der Waals surface area (Å²) in [6, 6.07) is 12.4. The number of nitrogens with zero attached hydrogens (tertiary/aromatic N) is 3. The molecule has 2 aliphatic rings. The summed E-state index contributed by atoms with van der Waals surface area (Å²) >= 11 is 0. The molecule has 134 valence electrons. The lowest BCUT2D eigenvalue weighted by Crippen LogP contribution is -2.52. The van der Waals surface area contributed by atoms with E-state index >= 15 is 0 Å². The van der Waals surface area contributed by atoms with E-state index in [1.54, 1.807) is 0 Å². The number of piperazine rings is 1. The van der Waals surface area contributed by atoms with E-state index in [1.165, 1.54) is 5.56 Å². The Morgan fingerprint density at radius 1 is 1.12 bits per heavy atom. The molecule has 1 aliphatic heterocycles. The maximum Gasteiger partial charge on any atom is 0.376 e. The van der Waals surface area contributed by atoms with Crippen molar-refractivity contribution < 1.29 is 10.1 Å². The molecule has 4 rings (SSSR count). The van der Waals surface area contributed by atoms with Gasteiger partial charge in [-0.1, -0.05) is 30.3 Å². The summed E-state index contributed by atoms with van der Waals surface area (Å²) in [4.78, 5) is 9.26. The van der Waals surface area contributed by atoms with E-state index in [-0.39, 0.29) is 12.6 Å². The quantitative estimate of drug-likeness (QED) is 0.827. The van der Waals surface area contributed by atoms with Crippen molar-refractivity contribution in [1.82, 2.24) is 14.7 Å². The molecule has 1 aliphatic carbocycles. The fraction of sp³-hybridized carbons (Fsp3) is 0.350. The first-order valence-corrected chi connectivity index (χ1v) is 9.21. The van der Waals surface area contributed by atoms with Gasteiger partial charge in [-0.15, -0.1) is 0 Å². The van der Waals surface area contributed by atoms with Gasteiger partial charge >= 0.3 is 7.05 Å². The van der Waals surface area contributed by atoms with Crippen LogP contribution in [0.4, 0.5) is 0 Å². The summed E-state index contributed by atoms with van der Waals surface area (Å²) in [6.45, 7) is 5.24. The molecule has 26 heavy (non-hydrogen) atoms. The summed E-state index contributed by atoms with van der Waals surface area (Å²) in [5, 5.41) is 19.8. The molecule has 0 spiro atoms. The van der Waals surface area contributed by atoms with Crippen LogP contribution in [0.15, 0.2) is 42.6 Å². The second-order valence-corrected chi connectivity index (χ2v) is 7.00. The number of fused-ring (bicyclic) bond motifs is 2. The number of hydrogen-bond acceptors (Lipinski definition) is 5. The molecular formula is C20H24BN3O2. The highest BCUT2D eigenvalue weighted by molar-refractivity contribution is 6.45. The molecule has 0 amide bonds. The van der Waals surface area contributed by atoms with Gasteiger partial charge < -0.3 is 14.9 Å². The highest BCUT2D eigenvalue weighted by Gasteiger charge is 2.33. The minimum absolute atomic E-state index is 0.00781. The van der Waals surface area contributed by atoms with Crippen LogP contribution in [0.1, 0.15) is 28.4 Å². The van der Waals surface area contributed by atoms with Crippen LogP contribution in [0.2, 0.25) is 6.82 Å². The molecule has 1 aromatic carbocycles. The Hall–Kier alpha value is -1.99. The van der Waals surface area contributed by atoms with Gasteiger partial charge in [0, 0.05) is 32.4 Å². The molecule has 0 bridgehead atoms. The molecule has 1 fully saturated rings. The lowest BCUT2D eigenvalue weighted by atomic mass is 9.84. The van der Waals surface area contributed by atoms with E-state index in [4.69, 9.17) is 4.98 Å². The fourth-order valence-corrected chi connectivity index (χ4v) is 4.09. The van der Waals surface area contributed by atoms with E-state index in [0.29, 0.717) is 0 Å². The Balaban J connectivity index is 1.78. The normalized spacial score (nSPS) is 20.7. The first-order chi connectivity index (χ1) is 12.7. The van der Waals surface area contributed by atoms with Crippen molar-refractivity contribution in [2.75, 3.05) is 32.8 Å². The summed E-state index contributed by atoms with van der Waals surface area (Å²) in [5.41, 5.74) is 5.32. The second-order valence-electron chi connectivity index (χ2n) is 7.00. The van der Waals surface area contributed by atoms with Crippen molar-refractivity contribution in [3.8, 4) is 0 Å². The second kappa shape index (κ2) is 7.33. The van der Waals surface area contributed by atoms with Crippen molar-refractivity contribution in [1.29, 1.82) is 0 Å². The molecule has 2 N–H and O–H groups in total. The number of benzene rings is 1. The predicted octanol–water partition coefficient (Wildman–Crippen LogP) is 1.75. The molecule has 2 aromatic rings. The minimum atomic E-state index is -0.411. The number of hydrogen-bond donors (Lipinski definition) is 2. The van der Waals surface area contributed by atoms with Crippen molar-refractivity contribution in [2.45, 2.75) is 12.9 Å². The van der Waals surface area contributed by atoms with Gasteiger partial charge in [0.15, 0.2) is 0 Å². The molecule has 0 saturated carbocycles. The van der Waals surface area contributed by atoms with E-state index in [9.17, 15) is 10.1 Å². The van der Waals surface area contributed by atoms with Crippen molar-refractivity contribution in [2.24, 2.45) is 0 Å². The van der Waals surface area contributed by atoms with Crippen LogP contribution in [0.5, 0.6) is 0 Å². The van der Waals surface area contributed by atoms with E-state index < -0.39 is 7.05 Å². The largest absolute Gasteiger partial charge is 0.437 e. The SMILES string of the molecule is CB(O)N1CCN(C2c3ccccc3C(CO)=Cc3cccnc32)CC1. The Morgan fingerprint density at radius 3 is 2.62 bits per heavy atom. The molecule has 1 aromatic heterocycles. The van der Waals surface area contributed by atoms with Gasteiger partial charge in [0.25, 0.3) is 0 Å². The van der Waals surface area contributed by atoms with Gasteiger partial charge in [-0.05, 0) is 41.2 Å². The van der Waals surface area contributed by atoms with Crippen LogP contribution in [0.3, 0.4) is 0 Å². The molecule has 2 heterocycles. The molecule has 0 radical (unpaired) electrons. The van der Waals surface area contributed by atoms with Gasteiger partial charge in [0.05, 0.1) is 18.3 Å². The Kier molecular flexibility index (Phi) is 4.91. The Labute approximate surface area is 154 Å². The fourth-order valence-electron chi connectivity index (χ4n) is 4.09. The third-order valence-electron chi connectivity index (χ3n) is 5.47. The highest BCUT2D eigenvalue weighted by atomic mass is 16.3. The number of rotatable bonds is 3. The monoisotopic (exact) mass is 349 g/mol. The zero-order valence-corrected chi connectivity index (χ0v) is 15.0. The zero-order valence-electron chi connectivity index (χ0n) is 15.0. The third kappa shape index (κ3) is 3.10. The average Bonchev–Trinajstić information content (AvgIpc) is 2.82. The van der Waals surface area contributed by atoms with Crippen LogP contribution in [0.25, 0.3) is 11.6 Å². The highest BCUT2D eigenvalue weighted by Crippen LogP contribution is 2.39. The average molecular weight is 349 g/mol. The lowest BCUT2D eigenvalue weighted by Gasteiger charge is -2.40. The molecule has 6 heteroatoms. The Morgan fingerprint density at radius 2 is 1.88 bits per heavy atom. The smallest absolute Gasteiger partial charge is 0.376 e. The zero-order chi connectivity index (χ0) is 18.1. The number of aliphatic hydroxyl groups excluding tert-OH is 1. The summed E-state index contributed by atoms with van der Waals surface area (Å²) in [5.74, 6) is 0. The maximum atomic E-state index is 9.94. The van der Waals surface area contributed by atoms with E-state index in [2.05, 4.69) is 40.1 Å². The third-order valence-corrected chi connectivity index (χ3v) is 5.47. The molecule has 1 saturated heterocycles. The van der Waals surface area contributed by atoms with Gasteiger partial charge in [-0.2, -0.15) is 0 Å². The minimum Gasteiger partial charge on any atom is -0.437 e. The topological polar surface area (TPSA) is 59.8 Å². The van der Waals surface area contributed by atoms with E-state index in [1.807, 2.05) is 25.2 Å². The first-order valence-electron chi connectivity index (χ1n) is 9.21. The van der Waals surface area contributed by atoms with Gasteiger partial charge in [-0.25, -0.2) is 0 Å². The Bertz CT molecular complexity index is 816. The standard InChI is InChI=1S/C20H24BN3O2/c1-21(26)24-11-9-23(10-12-24)20-18-7-3-2-6-17(18)16(14-25)13-15-5-4-8-22-19(15)20/h2-8,13,20,25-26H,9-12,14H2,1H3. The number of aliphatic hydroxyl groups is 1. The van der Waals surface area contributed by atoms with Crippen LogP contribution >= 0.6 is 0 Å². The molecule has 1 unspecified atom stereocenters. The first kappa shape index (κ1) is 17.4. The summed E-state index contributed by atoms with van der Waals surface area (Å²) in [7, 11) is -0.411. The predicted molar refractivity (Wildman–Crippen MR) is 104 cm³/mol. The number of pyridine rings is 1. The summed E-state index contributed by atoms with van der Waals surface area (Å²) in [6.07, 6.45) is 3.91. The van der Waals surface area contributed by atoms with Gasteiger partial charge in [-0.3, -0.25) is 9.88 Å². The van der Waals surface area contributed by atoms with E-state index in [0.717, 1.165) is 48.6 Å². The van der Waals surface area contributed by atoms with Crippen molar-refractivity contribution >= 4 is 18.7 Å². The van der Waals surface area contributed by atoms with Crippen LogP contribution in [0, 0.1) is 0 Å². The molecule has 5 nitrogen and oxygen atoms in total. The van der Waals surface area contributed by atoms with Crippen LogP contribution in [-0.4, -0.2) is 64.7 Å². The summed E-state index contributed by atoms with van der Waals surface area (Å²) < 4.78 is 0. The van der Waals surface area contributed by atoms with Crippen molar-refractivity contribution in [3.05, 3.63) is 65.0 Å². The van der Waals surface area contributed by atoms with Crippen LogP contribution in [-0.2, 0) is 0 Å². The lowest BCUT2D eigenvalue weighted by molar-refractivity contribution is 0.144.